The molecule has 0 saturated heterocycles. The topological polar surface area (TPSA) is 34.1 Å². The van der Waals surface area contributed by atoms with Crippen molar-refractivity contribution in [3.8, 4) is 0 Å². The third kappa shape index (κ3) is 15.8. The molecule has 0 saturated carbocycles. The first-order valence-electron chi connectivity index (χ1n) is 18.7. The van der Waals surface area contributed by atoms with E-state index < -0.39 is 0 Å². The highest BCUT2D eigenvalue weighted by Crippen LogP contribution is 2.29. The number of rotatable bonds is 21. The lowest BCUT2D eigenvalue weighted by molar-refractivity contribution is 0.0973. The van der Waals surface area contributed by atoms with Gasteiger partial charge in [-0.15, -0.1) is 0 Å². The van der Waals surface area contributed by atoms with Crippen molar-refractivity contribution in [2.45, 2.75) is 152 Å². The normalized spacial score (nSPS) is 15.6. The standard InChI is InChI=1S/C46H66O2/c1-34(2)18-12-19-35(3)20-13-21-36(4)22-14-23-37(5)24-15-25-38(6)26-16-27-39(7)28-17-29-40(8)32-33-42-41(9)45(47)43-30-10-11-31-44(43)46(42)48/h10-11,18,20,22,24,26,30-32,39H,12-17,19,21,23,25,27-29,33H2,1-9H3/b35-20+,36-22+,37-24+,38-26+,40-32+. The molecule has 262 valence electrons. The van der Waals surface area contributed by atoms with Gasteiger partial charge in [0.05, 0.1) is 0 Å². The number of allylic oxidation sites excluding steroid dienone is 14. The second-order valence-electron chi connectivity index (χ2n) is 14.8. The van der Waals surface area contributed by atoms with E-state index >= 15 is 0 Å². The largest absolute Gasteiger partial charge is 0.289 e. The predicted molar refractivity (Wildman–Crippen MR) is 210 cm³/mol. The van der Waals surface area contributed by atoms with Gasteiger partial charge >= 0.3 is 0 Å². The van der Waals surface area contributed by atoms with E-state index in [0.717, 1.165) is 57.8 Å². The maximum absolute atomic E-state index is 13.0. The van der Waals surface area contributed by atoms with Gasteiger partial charge in [-0.3, -0.25) is 9.59 Å². The molecule has 1 aliphatic carbocycles. The van der Waals surface area contributed by atoms with Crippen LogP contribution in [-0.4, -0.2) is 11.6 Å². The Morgan fingerprint density at radius 1 is 0.562 bits per heavy atom. The summed E-state index contributed by atoms with van der Waals surface area (Å²) in [5.74, 6) is 0.691. The molecular formula is C46H66O2. The van der Waals surface area contributed by atoms with Crippen molar-refractivity contribution < 1.29 is 9.59 Å². The number of Topliss-reactive ketones (excluding diaryl/α,β-unsaturated/α-hetero) is 2. The molecule has 2 nitrogen and oxygen atoms in total. The zero-order chi connectivity index (χ0) is 35.5. The van der Waals surface area contributed by atoms with E-state index in [-0.39, 0.29) is 11.6 Å². The summed E-state index contributed by atoms with van der Waals surface area (Å²) in [6.45, 7) is 19.8. The summed E-state index contributed by atoms with van der Waals surface area (Å²) in [4.78, 5) is 25.8. The number of carbonyl (C=O) groups excluding carboxylic acids is 2. The number of ketones is 2. The van der Waals surface area contributed by atoms with Gasteiger partial charge in [0, 0.05) is 22.3 Å². The van der Waals surface area contributed by atoms with E-state index in [2.05, 4.69) is 91.8 Å². The molecule has 0 fully saturated rings. The Balaban J connectivity index is 1.61. The molecule has 0 heterocycles. The molecule has 1 aromatic rings. The van der Waals surface area contributed by atoms with Crippen LogP contribution in [0, 0.1) is 5.92 Å². The molecule has 1 aromatic carbocycles. The lowest BCUT2D eigenvalue weighted by atomic mass is 9.83. The average molecular weight is 651 g/mol. The fourth-order valence-electron chi connectivity index (χ4n) is 6.30. The molecule has 0 aliphatic heterocycles. The van der Waals surface area contributed by atoms with Crippen LogP contribution >= 0.6 is 0 Å². The van der Waals surface area contributed by atoms with Crippen molar-refractivity contribution in [1.82, 2.24) is 0 Å². The molecule has 0 aromatic heterocycles. The van der Waals surface area contributed by atoms with Crippen LogP contribution in [0.25, 0.3) is 0 Å². The predicted octanol–water partition coefficient (Wildman–Crippen LogP) is 14.2. The fourth-order valence-corrected chi connectivity index (χ4v) is 6.30. The Bertz CT molecular complexity index is 1430. The first-order chi connectivity index (χ1) is 22.9. The van der Waals surface area contributed by atoms with Crippen molar-refractivity contribution in [2.75, 3.05) is 0 Å². The van der Waals surface area contributed by atoms with E-state index in [1.54, 1.807) is 19.1 Å². The van der Waals surface area contributed by atoms with Gasteiger partial charge in [0.25, 0.3) is 0 Å². The minimum Gasteiger partial charge on any atom is -0.289 e. The second-order valence-corrected chi connectivity index (χ2v) is 14.8. The van der Waals surface area contributed by atoms with Gasteiger partial charge in [0.15, 0.2) is 11.6 Å². The average Bonchev–Trinajstić information content (AvgIpc) is 3.03. The molecule has 1 aliphatic rings. The van der Waals surface area contributed by atoms with Crippen molar-refractivity contribution in [3.05, 3.63) is 116 Å². The monoisotopic (exact) mass is 651 g/mol. The molecule has 0 radical (unpaired) electrons. The fraction of sp³-hybridized carbons (Fsp3) is 0.522. The summed E-state index contributed by atoms with van der Waals surface area (Å²) in [6.07, 6.45) is 29.8. The van der Waals surface area contributed by atoms with Crippen LogP contribution < -0.4 is 0 Å². The first kappa shape index (κ1) is 40.9. The summed E-state index contributed by atoms with van der Waals surface area (Å²) < 4.78 is 0. The Morgan fingerprint density at radius 2 is 1.00 bits per heavy atom. The molecule has 1 atom stereocenters. The summed E-state index contributed by atoms with van der Waals surface area (Å²) in [5, 5.41) is 0. The summed E-state index contributed by atoms with van der Waals surface area (Å²) in [7, 11) is 0. The Morgan fingerprint density at radius 3 is 1.50 bits per heavy atom. The number of fused-ring (bicyclic) bond motifs is 1. The SMILES string of the molecule is CC(C)=CCC/C(C)=C/CC/C(C)=C/CC/C(C)=C/CC/C(C)=C/CCC(C)CCC/C(C)=C/CC1=C(C)C(=O)c2ccccc2C1=O. The van der Waals surface area contributed by atoms with Gasteiger partial charge < -0.3 is 0 Å². The van der Waals surface area contributed by atoms with Crippen LogP contribution in [0.3, 0.4) is 0 Å². The molecular weight excluding hydrogens is 585 g/mol. The maximum atomic E-state index is 13.0. The third-order valence-electron chi connectivity index (χ3n) is 9.74. The van der Waals surface area contributed by atoms with Gasteiger partial charge in [-0.1, -0.05) is 108 Å². The van der Waals surface area contributed by atoms with E-state index in [0.29, 0.717) is 34.6 Å². The number of carbonyl (C=O) groups is 2. The van der Waals surface area contributed by atoms with Crippen LogP contribution in [-0.2, 0) is 0 Å². The maximum Gasteiger partial charge on any atom is 0.190 e. The molecule has 0 bridgehead atoms. The Labute approximate surface area is 295 Å². The highest BCUT2D eigenvalue weighted by Gasteiger charge is 2.28. The molecule has 1 unspecified atom stereocenters. The zero-order valence-electron chi connectivity index (χ0n) is 32.1. The minimum absolute atomic E-state index is 0.00361. The van der Waals surface area contributed by atoms with Crippen LogP contribution in [0.5, 0.6) is 0 Å². The van der Waals surface area contributed by atoms with Gasteiger partial charge in [0.2, 0.25) is 0 Å². The smallest absolute Gasteiger partial charge is 0.190 e. The Kier molecular flexibility index (Phi) is 19.1. The van der Waals surface area contributed by atoms with Crippen molar-refractivity contribution in [3.63, 3.8) is 0 Å². The van der Waals surface area contributed by atoms with E-state index in [1.807, 2.05) is 12.1 Å². The van der Waals surface area contributed by atoms with Crippen molar-refractivity contribution in [1.29, 1.82) is 0 Å². The zero-order valence-corrected chi connectivity index (χ0v) is 32.1. The van der Waals surface area contributed by atoms with Gasteiger partial charge in [-0.2, -0.15) is 0 Å². The summed E-state index contributed by atoms with van der Waals surface area (Å²) in [6, 6.07) is 7.18. The summed E-state index contributed by atoms with van der Waals surface area (Å²) in [5.41, 5.74) is 11.1. The van der Waals surface area contributed by atoms with Gasteiger partial charge in [-0.05, 0) is 145 Å². The van der Waals surface area contributed by atoms with E-state index in [9.17, 15) is 9.59 Å². The highest BCUT2D eigenvalue weighted by atomic mass is 16.1. The lowest BCUT2D eigenvalue weighted by Crippen LogP contribution is -2.20. The van der Waals surface area contributed by atoms with Crippen LogP contribution in [0.2, 0.25) is 0 Å². The molecule has 2 rings (SSSR count). The lowest BCUT2D eigenvalue weighted by Gasteiger charge is -2.18. The van der Waals surface area contributed by atoms with E-state index in [4.69, 9.17) is 0 Å². The highest BCUT2D eigenvalue weighted by molar-refractivity contribution is 6.26. The van der Waals surface area contributed by atoms with Gasteiger partial charge in [0.1, 0.15) is 0 Å². The first-order valence-corrected chi connectivity index (χ1v) is 18.7. The molecule has 0 spiro atoms. The second kappa shape index (κ2) is 22.4. The molecule has 2 heteroatoms. The number of hydrogen-bond acceptors (Lipinski definition) is 2. The minimum atomic E-state index is -0.0133. The van der Waals surface area contributed by atoms with Gasteiger partial charge in [-0.25, -0.2) is 0 Å². The molecule has 48 heavy (non-hydrogen) atoms. The third-order valence-corrected chi connectivity index (χ3v) is 9.74. The quantitative estimate of drug-likeness (QED) is 0.124. The molecule has 0 amide bonds. The number of hydrogen-bond donors (Lipinski definition) is 0. The van der Waals surface area contributed by atoms with Crippen LogP contribution in [0.1, 0.15) is 173 Å². The van der Waals surface area contributed by atoms with Crippen molar-refractivity contribution in [2.24, 2.45) is 5.92 Å². The van der Waals surface area contributed by atoms with Crippen LogP contribution in [0.15, 0.2) is 105 Å². The van der Waals surface area contributed by atoms with Crippen molar-refractivity contribution >= 4 is 11.6 Å². The molecule has 0 N–H and O–H groups in total. The van der Waals surface area contributed by atoms with E-state index in [1.165, 1.54) is 59.1 Å². The summed E-state index contributed by atoms with van der Waals surface area (Å²) >= 11 is 0. The van der Waals surface area contributed by atoms with Crippen LogP contribution in [0.4, 0.5) is 0 Å². The Hall–Kier alpha value is -3.26. The number of benzene rings is 1.